The fraction of sp³-hybridized carbons (Fsp3) is 0.364. The van der Waals surface area contributed by atoms with E-state index in [9.17, 15) is 19.8 Å². The molecule has 0 unspecified atom stereocenters. The number of aliphatic hydroxyl groups excluding tert-OH is 1. The van der Waals surface area contributed by atoms with Gasteiger partial charge in [-0.3, -0.25) is 9.59 Å². The molecule has 2 aliphatic heterocycles. The molecule has 2 N–H and O–H groups in total. The zero-order valence-electron chi connectivity index (χ0n) is 15.9. The Balaban J connectivity index is 1.64. The molecule has 2 heterocycles. The number of piperidine rings is 1. The number of carboxylic acids is 1. The maximum absolute atomic E-state index is 13.3. The van der Waals surface area contributed by atoms with Crippen molar-refractivity contribution < 1.29 is 29.3 Å². The van der Waals surface area contributed by atoms with Crippen molar-refractivity contribution in [3.05, 3.63) is 59.7 Å². The summed E-state index contributed by atoms with van der Waals surface area (Å²) < 4.78 is 11.2. The first-order chi connectivity index (χ1) is 14.0. The Morgan fingerprint density at radius 3 is 2.59 bits per heavy atom. The molecule has 0 saturated carbocycles. The lowest BCUT2D eigenvalue weighted by molar-refractivity contribution is -0.161. The number of fused-ring (bicyclic) bond motifs is 1. The molecule has 0 bridgehead atoms. The van der Waals surface area contributed by atoms with Crippen LogP contribution < -0.4 is 9.47 Å². The molecule has 2 atom stereocenters. The van der Waals surface area contributed by atoms with E-state index in [0.29, 0.717) is 30.3 Å². The number of likely N-dealkylation sites (tertiary alicyclic amines) is 1. The zero-order valence-corrected chi connectivity index (χ0v) is 15.9. The first kappa shape index (κ1) is 19.3. The molecule has 7 heteroatoms. The fourth-order valence-corrected chi connectivity index (χ4v) is 4.08. The molecule has 0 radical (unpaired) electrons. The first-order valence-electron chi connectivity index (χ1n) is 9.64. The minimum absolute atomic E-state index is 0.0816. The van der Waals surface area contributed by atoms with Gasteiger partial charge in [0.2, 0.25) is 0 Å². The van der Waals surface area contributed by atoms with Gasteiger partial charge in [-0.1, -0.05) is 36.4 Å². The van der Waals surface area contributed by atoms with Crippen LogP contribution in [0, 0.1) is 5.41 Å². The van der Waals surface area contributed by atoms with Crippen LogP contribution in [0.25, 0.3) is 0 Å². The lowest BCUT2D eigenvalue weighted by atomic mass is 9.72. The van der Waals surface area contributed by atoms with Gasteiger partial charge in [0.15, 0.2) is 11.5 Å². The second-order valence-electron chi connectivity index (χ2n) is 7.48. The van der Waals surface area contributed by atoms with Crippen LogP contribution in [0.2, 0.25) is 0 Å². The number of hydrogen-bond donors (Lipinski definition) is 2. The van der Waals surface area contributed by atoms with Crippen molar-refractivity contribution in [2.45, 2.75) is 18.9 Å². The third kappa shape index (κ3) is 3.53. The van der Waals surface area contributed by atoms with E-state index in [-0.39, 0.29) is 31.8 Å². The van der Waals surface area contributed by atoms with Gasteiger partial charge in [-0.25, -0.2) is 0 Å². The first-order valence-corrected chi connectivity index (χ1v) is 9.64. The molecule has 2 aromatic carbocycles. The van der Waals surface area contributed by atoms with Gasteiger partial charge in [0, 0.05) is 13.1 Å². The summed E-state index contributed by atoms with van der Waals surface area (Å²) in [7, 11) is 0. The van der Waals surface area contributed by atoms with Crippen molar-refractivity contribution in [2.24, 2.45) is 5.41 Å². The summed E-state index contributed by atoms with van der Waals surface area (Å²) in [6.07, 6.45) is -0.716. The lowest BCUT2D eigenvalue weighted by Gasteiger charge is -2.43. The number of aliphatic carboxylic acids is 1. The molecule has 1 fully saturated rings. The van der Waals surface area contributed by atoms with E-state index in [1.54, 1.807) is 18.2 Å². The molecular weight excluding hydrogens is 374 g/mol. The van der Waals surface area contributed by atoms with Crippen LogP contribution in [0.15, 0.2) is 48.5 Å². The molecule has 29 heavy (non-hydrogen) atoms. The Hall–Kier alpha value is -3.06. The Morgan fingerprint density at radius 2 is 1.83 bits per heavy atom. The number of carbonyl (C=O) groups excluding carboxylic acids is 1. The lowest BCUT2D eigenvalue weighted by Crippen LogP contribution is -2.58. The van der Waals surface area contributed by atoms with Crippen molar-refractivity contribution in [1.29, 1.82) is 0 Å². The van der Waals surface area contributed by atoms with Gasteiger partial charge in [-0.2, -0.15) is 0 Å². The van der Waals surface area contributed by atoms with Crippen molar-refractivity contribution >= 4 is 11.9 Å². The third-order valence-corrected chi connectivity index (χ3v) is 5.66. The van der Waals surface area contributed by atoms with Crippen LogP contribution in [0.1, 0.15) is 22.3 Å². The molecule has 2 aliphatic rings. The summed E-state index contributed by atoms with van der Waals surface area (Å²) >= 11 is 0. The van der Waals surface area contributed by atoms with Crippen molar-refractivity contribution in [3.8, 4) is 11.5 Å². The molecule has 4 rings (SSSR count). The van der Waals surface area contributed by atoms with E-state index in [4.69, 9.17) is 9.47 Å². The molecule has 0 aromatic heterocycles. The van der Waals surface area contributed by atoms with E-state index < -0.39 is 17.5 Å². The Labute approximate surface area is 168 Å². The SMILES string of the molecule is O=C(c1cccc2c1OCCO2)N1CC[C@H](O)[C@@](Cc2ccccc2)(C(=O)O)C1. The quantitative estimate of drug-likeness (QED) is 0.819. The highest BCUT2D eigenvalue weighted by Crippen LogP contribution is 2.38. The van der Waals surface area contributed by atoms with Gasteiger partial charge in [0.1, 0.15) is 18.6 Å². The summed E-state index contributed by atoms with van der Waals surface area (Å²) in [5, 5.41) is 20.7. The van der Waals surface area contributed by atoms with Crippen molar-refractivity contribution in [3.63, 3.8) is 0 Å². The summed E-state index contributed by atoms with van der Waals surface area (Å²) in [5.41, 5.74) is -0.323. The summed E-state index contributed by atoms with van der Waals surface area (Å²) in [5.74, 6) is -0.536. The second-order valence-corrected chi connectivity index (χ2v) is 7.48. The molecule has 0 aliphatic carbocycles. The van der Waals surface area contributed by atoms with Crippen LogP contribution in [-0.4, -0.2) is 59.4 Å². The molecule has 7 nitrogen and oxygen atoms in total. The molecule has 152 valence electrons. The van der Waals surface area contributed by atoms with Crippen LogP contribution in [0.3, 0.4) is 0 Å². The highest BCUT2D eigenvalue weighted by molar-refractivity contribution is 5.98. The second kappa shape index (κ2) is 7.75. The zero-order chi connectivity index (χ0) is 20.4. The monoisotopic (exact) mass is 397 g/mol. The smallest absolute Gasteiger partial charge is 0.314 e. The van der Waals surface area contributed by atoms with Gasteiger partial charge in [-0.05, 0) is 30.5 Å². The number of hydrogen-bond acceptors (Lipinski definition) is 5. The minimum Gasteiger partial charge on any atom is -0.486 e. The van der Waals surface area contributed by atoms with E-state index in [1.807, 2.05) is 30.3 Å². The van der Waals surface area contributed by atoms with Crippen LogP contribution in [0.4, 0.5) is 0 Å². The van der Waals surface area contributed by atoms with Crippen LogP contribution >= 0.6 is 0 Å². The number of benzene rings is 2. The fourth-order valence-electron chi connectivity index (χ4n) is 4.08. The maximum Gasteiger partial charge on any atom is 0.314 e. The average Bonchev–Trinajstić information content (AvgIpc) is 2.75. The number of ether oxygens (including phenoxy) is 2. The maximum atomic E-state index is 13.3. The van der Waals surface area contributed by atoms with Gasteiger partial charge in [0.05, 0.1) is 11.7 Å². The third-order valence-electron chi connectivity index (χ3n) is 5.66. The normalized spacial score (nSPS) is 23.5. The van der Waals surface area contributed by atoms with E-state index in [0.717, 1.165) is 5.56 Å². The predicted octanol–water partition coefficient (Wildman–Crippen LogP) is 1.98. The number of carboxylic acid groups (broad SMARTS) is 1. The highest BCUT2D eigenvalue weighted by Gasteiger charge is 2.50. The van der Waals surface area contributed by atoms with E-state index in [2.05, 4.69) is 0 Å². The standard InChI is InChI=1S/C22H23NO6/c24-18-9-10-23(14-22(18,21(26)27)13-15-5-2-1-3-6-15)20(25)16-7-4-8-17-19(16)29-12-11-28-17/h1-8,18,24H,9-14H2,(H,26,27)/t18-,22-/m0/s1. The highest BCUT2D eigenvalue weighted by atomic mass is 16.6. The number of rotatable bonds is 4. The summed E-state index contributed by atoms with van der Waals surface area (Å²) in [6, 6.07) is 14.3. The van der Waals surface area contributed by atoms with Crippen molar-refractivity contribution in [1.82, 2.24) is 4.90 Å². The van der Waals surface area contributed by atoms with E-state index in [1.165, 1.54) is 4.90 Å². The Bertz CT molecular complexity index is 915. The molecular formula is C22H23NO6. The Kier molecular flexibility index (Phi) is 5.15. The predicted molar refractivity (Wildman–Crippen MR) is 104 cm³/mol. The van der Waals surface area contributed by atoms with Crippen LogP contribution in [0.5, 0.6) is 11.5 Å². The summed E-state index contributed by atoms with van der Waals surface area (Å²) in [6.45, 7) is 0.957. The van der Waals surface area contributed by atoms with Gasteiger partial charge in [-0.15, -0.1) is 0 Å². The van der Waals surface area contributed by atoms with E-state index >= 15 is 0 Å². The topological polar surface area (TPSA) is 96.3 Å². The average molecular weight is 397 g/mol. The number of aliphatic hydroxyl groups is 1. The molecule has 2 aromatic rings. The van der Waals surface area contributed by atoms with Gasteiger partial charge in [0.25, 0.3) is 5.91 Å². The number of nitrogens with zero attached hydrogens (tertiary/aromatic N) is 1. The number of amides is 1. The molecule has 0 spiro atoms. The summed E-state index contributed by atoms with van der Waals surface area (Å²) in [4.78, 5) is 27.0. The molecule has 1 amide bonds. The van der Waals surface area contributed by atoms with Crippen LogP contribution in [-0.2, 0) is 11.2 Å². The number of para-hydroxylation sites is 1. The van der Waals surface area contributed by atoms with Crippen molar-refractivity contribution in [2.75, 3.05) is 26.3 Å². The minimum atomic E-state index is -1.47. The van der Waals surface area contributed by atoms with Gasteiger partial charge < -0.3 is 24.6 Å². The largest absolute Gasteiger partial charge is 0.486 e. The van der Waals surface area contributed by atoms with Gasteiger partial charge >= 0.3 is 5.97 Å². The Morgan fingerprint density at radius 1 is 1.07 bits per heavy atom. The molecule has 1 saturated heterocycles. The number of carbonyl (C=O) groups is 2.